The molecule has 1 heterocycles. The molecule has 1 aliphatic rings. The van der Waals surface area contributed by atoms with Crippen molar-refractivity contribution in [1.82, 2.24) is 4.90 Å². The second-order valence-corrected chi connectivity index (χ2v) is 8.99. The van der Waals surface area contributed by atoms with Crippen LogP contribution in [0.2, 0.25) is 10.0 Å². The summed E-state index contributed by atoms with van der Waals surface area (Å²) < 4.78 is 14.1. The van der Waals surface area contributed by atoms with E-state index in [0.29, 0.717) is 41.5 Å². The Labute approximate surface area is 195 Å². The van der Waals surface area contributed by atoms with Crippen LogP contribution in [0.15, 0.2) is 42.5 Å². The molecule has 4 nitrogen and oxygen atoms in total. The Morgan fingerprint density at radius 1 is 1.09 bits per heavy atom. The number of hydrogen-bond donors (Lipinski definition) is 1. The lowest BCUT2D eigenvalue weighted by Gasteiger charge is -2.34. The second kappa shape index (κ2) is 9.08. The summed E-state index contributed by atoms with van der Waals surface area (Å²) in [7, 11) is 0. The first kappa shape index (κ1) is 22.6. The van der Waals surface area contributed by atoms with E-state index in [-0.39, 0.29) is 24.1 Å². The summed E-state index contributed by atoms with van der Waals surface area (Å²) in [5, 5.41) is 11.6. The predicted octanol–water partition coefficient (Wildman–Crippen LogP) is 6.24. The number of carboxylic acids is 1. The summed E-state index contributed by atoms with van der Waals surface area (Å²) in [6, 6.07) is 11.4. The van der Waals surface area contributed by atoms with Crippen molar-refractivity contribution in [1.29, 1.82) is 0 Å². The van der Waals surface area contributed by atoms with E-state index in [1.807, 2.05) is 13.0 Å². The molecule has 1 saturated heterocycles. The van der Waals surface area contributed by atoms with Crippen LogP contribution < -0.4 is 0 Å². The van der Waals surface area contributed by atoms with E-state index >= 15 is 0 Å². The number of carbonyl (C=O) groups excluding carboxylic acids is 1. The number of carboxylic acid groups (broad SMARTS) is 1. The van der Waals surface area contributed by atoms with Crippen molar-refractivity contribution in [3.05, 3.63) is 80.6 Å². The van der Waals surface area contributed by atoms with Crippen LogP contribution >= 0.6 is 23.2 Å². The lowest BCUT2D eigenvalue weighted by atomic mass is 9.81. The number of halogens is 3. The number of rotatable bonds is 4. The normalized spacial score (nSPS) is 14.7. The van der Waals surface area contributed by atoms with Crippen molar-refractivity contribution in [2.75, 3.05) is 13.1 Å². The number of amides is 1. The third-order valence-corrected chi connectivity index (χ3v) is 6.86. The van der Waals surface area contributed by atoms with E-state index < -0.39 is 5.97 Å². The highest BCUT2D eigenvalue weighted by Crippen LogP contribution is 2.38. The Morgan fingerprint density at radius 3 is 2.38 bits per heavy atom. The van der Waals surface area contributed by atoms with E-state index in [9.17, 15) is 19.1 Å². The monoisotopic (exact) mass is 473 g/mol. The molecular weight excluding hydrogens is 452 g/mol. The Hall–Kier alpha value is -2.63. The van der Waals surface area contributed by atoms with Crippen molar-refractivity contribution >= 4 is 45.9 Å². The Kier molecular flexibility index (Phi) is 6.40. The second-order valence-electron chi connectivity index (χ2n) is 8.17. The SMILES string of the molecule is Cc1c(CC(=O)O)cc2ccc(F)cc2c1C1CCN(C(=O)c2c(Cl)cccc2Cl)CC1. The van der Waals surface area contributed by atoms with Crippen LogP contribution in [0.1, 0.15) is 45.8 Å². The standard InChI is InChI=1S/C25H22Cl2FNO3/c1-14-17(12-22(30)31)11-16-5-6-18(28)13-19(16)23(14)15-7-9-29(10-8-15)25(32)24-20(26)3-2-4-21(24)27/h2-6,11,13,15H,7-10,12H2,1H3,(H,30,31). The molecule has 0 spiro atoms. The predicted molar refractivity (Wildman–Crippen MR) is 124 cm³/mol. The summed E-state index contributed by atoms with van der Waals surface area (Å²) in [6.07, 6.45) is 1.27. The number of piperidine rings is 1. The fourth-order valence-corrected chi connectivity index (χ4v) is 5.22. The summed E-state index contributed by atoms with van der Waals surface area (Å²) in [6.45, 7) is 2.91. The summed E-state index contributed by atoms with van der Waals surface area (Å²) >= 11 is 12.4. The van der Waals surface area contributed by atoms with Crippen LogP contribution in [0.25, 0.3) is 10.8 Å². The van der Waals surface area contributed by atoms with Crippen molar-refractivity contribution in [2.24, 2.45) is 0 Å². The molecule has 3 aromatic carbocycles. The lowest BCUT2D eigenvalue weighted by molar-refractivity contribution is -0.136. The average Bonchev–Trinajstić information content (AvgIpc) is 2.74. The van der Waals surface area contributed by atoms with Crippen LogP contribution in [0.5, 0.6) is 0 Å². The van der Waals surface area contributed by atoms with E-state index in [4.69, 9.17) is 23.2 Å². The average molecular weight is 474 g/mol. The fourth-order valence-electron chi connectivity index (χ4n) is 4.66. The zero-order valence-electron chi connectivity index (χ0n) is 17.5. The lowest BCUT2D eigenvalue weighted by Crippen LogP contribution is -2.38. The van der Waals surface area contributed by atoms with Gasteiger partial charge in [0.25, 0.3) is 5.91 Å². The highest BCUT2D eigenvalue weighted by Gasteiger charge is 2.29. The number of nitrogens with zero attached hydrogens (tertiary/aromatic N) is 1. The number of likely N-dealkylation sites (tertiary alicyclic amines) is 1. The molecule has 7 heteroatoms. The van der Waals surface area contributed by atoms with Gasteiger partial charge in [-0.1, -0.05) is 41.4 Å². The van der Waals surface area contributed by atoms with Gasteiger partial charge in [0.15, 0.2) is 0 Å². The minimum absolute atomic E-state index is 0.0822. The number of aliphatic carboxylic acids is 1. The molecule has 0 aromatic heterocycles. The maximum atomic E-state index is 14.1. The zero-order valence-corrected chi connectivity index (χ0v) is 19.0. The van der Waals surface area contributed by atoms with Crippen molar-refractivity contribution < 1.29 is 19.1 Å². The van der Waals surface area contributed by atoms with Gasteiger partial charge in [-0.15, -0.1) is 0 Å². The van der Waals surface area contributed by atoms with Gasteiger partial charge in [0.2, 0.25) is 0 Å². The van der Waals surface area contributed by atoms with E-state index in [1.54, 1.807) is 29.2 Å². The number of fused-ring (bicyclic) bond motifs is 1. The first-order chi connectivity index (χ1) is 15.3. The van der Waals surface area contributed by atoms with Gasteiger partial charge in [0.05, 0.1) is 22.0 Å². The van der Waals surface area contributed by atoms with Gasteiger partial charge in [0, 0.05) is 13.1 Å². The quantitative estimate of drug-likeness (QED) is 0.487. The first-order valence-corrected chi connectivity index (χ1v) is 11.2. The molecule has 4 rings (SSSR count). The molecule has 3 aromatic rings. The molecule has 32 heavy (non-hydrogen) atoms. The topological polar surface area (TPSA) is 57.6 Å². The van der Waals surface area contributed by atoms with Gasteiger partial charge in [0.1, 0.15) is 5.82 Å². The highest BCUT2D eigenvalue weighted by atomic mass is 35.5. The van der Waals surface area contributed by atoms with Gasteiger partial charge >= 0.3 is 5.97 Å². The van der Waals surface area contributed by atoms with Crippen LogP contribution in [0.3, 0.4) is 0 Å². The number of hydrogen-bond acceptors (Lipinski definition) is 2. The first-order valence-electron chi connectivity index (χ1n) is 10.4. The Morgan fingerprint density at radius 2 is 1.75 bits per heavy atom. The number of benzene rings is 3. The van der Waals surface area contributed by atoms with E-state index in [2.05, 4.69) is 0 Å². The van der Waals surface area contributed by atoms with Crippen LogP contribution in [-0.4, -0.2) is 35.0 Å². The maximum Gasteiger partial charge on any atom is 0.307 e. The molecule has 1 aliphatic heterocycles. The largest absolute Gasteiger partial charge is 0.481 e. The third kappa shape index (κ3) is 4.32. The highest BCUT2D eigenvalue weighted by molar-refractivity contribution is 6.39. The molecule has 0 unspecified atom stereocenters. The third-order valence-electron chi connectivity index (χ3n) is 6.23. The van der Waals surface area contributed by atoms with Crippen molar-refractivity contribution in [2.45, 2.75) is 32.1 Å². The Balaban J connectivity index is 1.65. The minimum Gasteiger partial charge on any atom is -0.481 e. The van der Waals surface area contributed by atoms with Crippen LogP contribution in [0.4, 0.5) is 4.39 Å². The van der Waals surface area contributed by atoms with Gasteiger partial charge < -0.3 is 10.0 Å². The minimum atomic E-state index is -0.905. The molecule has 1 fully saturated rings. The van der Waals surface area contributed by atoms with Gasteiger partial charge in [-0.3, -0.25) is 9.59 Å². The van der Waals surface area contributed by atoms with Crippen LogP contribution in [0, 0.1) is 12.7 Å². The molecule has 0 aliphatic carbocycles. The van der Waals surface area contributed by atoms with E-state index in [1.165, 1.54) is 12.1 Å². The van der Waals surface area contributed by atoms with Gasteiger partial charge in [-0.25, -0.2) is 4.39 Å². The fraction of sp³-hybridized carbons (Fsp3) is 0.280. The smallest absolute Gasteiger partial charge is 0.307 e. The zero-order chi connectivity index (χ0) is 23.0. The summed E-state index contributed by atoms with van der Waals surface area (Å²) in [5.74, 6) is -1.35. The molecule has 0 saturated carbocycles. The van der Waals surface area contributed by atoms with Crippen molar-refractivity contribution in [3.8, 4) is 0 Å². The van der Waals surface area contributed by atoms with Crippen molar-refractivity contribution in [3.63, 3.8) is 0 Å². The molecule has 1 N–H and O–H groups in total. The summed E-state index contributed by atoms with van der Waals surface area (Å²) in [4.78, 5) is 26.1. The molecule has 0 radical (unpaired) electrons. The molecule has 166 valence electrons. The van der Waals surface area contributed by atoms with Crippen LogP contribution in [-0.2, 0) is 11.2 Å². The molecular formula is C25H22Cl2FNO3. The van der Waals surface area contributed by atoms with Gasteiger partial charge in [-0.2, -0.15) is 0 Å². The van der Waals surface area contributed by atoms with E-state index in [0.717, 1.165) is 27.5 Å². The molecule has 0 bridgehead atoms. The maximum absolute atomic E-state index is 14.1. The summed E-state index contributed by atoms with van der Waals surface area (Å²) in [5.41, 5.74) is 2.89. The Bertz CT molecular complexity index is 1200. The molecule has 0 atom stereocenters. The molecule has 1 amide bonds. The van der Waals surface area contributed by atoms with Gasteiger partial charge in [-0.05, 0) is 77.4 Å². The number of carbonyl (C=O) groups is 2.